The van der Waals surface area contributed by atoms with E-state index in [4.69, 9.17) is 5.11 Å². The number of aliphatic hydroxyl groups is 1. The topological polar surface area (TPSA) is 103 Å². The lowest BCUT2D eigenvalue weighted by molar-refractivity contribution is -0.141. The Balaban J connectivity index is 3.27. The molecule has 3 N–H and O–H groups in total. The van der Waals surface area contributed by atoms with Crippen molar-refractivity contribution in [3.8, 4) is 5.75 Å². The van der Waals surface area contributed by atoms with Crippen LogP contribution in [0.1, 0.15) is 32.0 Å². The molecule has 0 aliphatic heterocycles. The van der Waals surface area contributed by atoms with E-state index in [2.05, 4.69) is 0 Å². The van der Waals surface area contributed by atoms with Crippen molar-refractivity contribution in [1.29, 1.82) is 0 Å². The number of carbonyl (C=O) groups is 1. The molecule has 124 valence electrons. The summed E-state index contributed by atoms with van der Waals surface area (Å²) in [6.45, 7) is 4.49. The van der Waals surface area contributed by atoms with Gasteiger partial charge in [0.2, 0.25) is 5.43 Å². The summed E-state index contributed by atoms with van der Waals surface area (Å²) < 4.78 is 1.44. The number of aromatic nitrogens is 1. The van der Waals surface area contributed by atoms with E-state index in [-0.39, 0.29) is 12.5 Å². The average molecular weight is 312 g/mol. The third kappa shape index (κ3) is 4.85. The first-order valence-corrected chi connectivity index (χ1v) is 7.22. The van der Waals surface area contributed by atoms with Crippen molar-refractivity contribution in [2.24, 2.45) is 5.92 Å². The van der Waals surface area contributed by atoms with Gasteiger partial charge >= 0.3 is 5.97 Å². The predicted molar refractivity (Wildman–Crippen MR) is 81.9 cm³/mol. The standard InChI is InChI=1S/C15H24N2O5/c1-10(2)6-12(15(21)22)17-9-14(20)13(19)7-11(17)8-16(3)4-5-18/h7,9-10,12,18,20H,4-6,8H2,1-3H3,(H,21,22). The maximum absolute atomic E-state index is 11.7. The van der Waals surface area contributed by atoms with Gasteiger partial charge in [0.25, 0.3) is 0 Å². The number of nitrogens with zero attached hydrogens (tertiary/aromatic N) is 2. The van der Waals surface area contributed by atoms with Crippen LogP contribution < -0.4 is 5.43 Å². The number of hydrogen-bond acceptors (Lipinski definition) is 5. The molecule has 0 aliphatic carbocycles. The van der Waals surface area contributed by atoms with Gasteiger partial charge < -0.3 is 19.9 Å². The second-order valence-electron chi connectivity index (χ2n) is 5.87. The Labute approximate surface area is 129 Å². The fourth-order valence-corrected chi connectivity index (χ4v) is 2.30. The Kier molecular flexibility index (Phi) is 6.58. The maximum atomic E-state index is 11.7. The molecule has 7 heteroatoms. The number of likely N-dealkylation sites (N-methyl/N-ethyl adjacent to an activating group) is 1. The molecule has 1 aromatic heterocycles. The first-order chi connectivity index (χ1) is 10.3. The molecule has 0 fully saturated rings. The molecule has 1 aromatic rings. The summed E-state index contributed by atoms with van der Waals surface area (Å²) in [6, 6.07) is 0.392. The van der Waals surface area contributed by atoms with Gasteiger partial charge in [0.05, 0.1) is 12.8 Å². The molecular weight excluding hydrogens is 288 g/mol. The summed E-state index contributed by atoms with van der Waals surface area (Å²) in [5.74, 6) is -1.34. The number of aliphatic hydroxyl groups excluding tert-OH is 1. The molecule has 1 unspecified atom stereocenters. The molecule has 22 heavy (non-hydrogen) atoms. The molecule has 0 saturated heterocycles. The summed E-state index contributed by atoms with van der Waals surface area (Å²) in [5.41, 5.74) is -0.0517. The highest BCUT2D eigenvalue weighted by molar-refractivity contribution is 5.72. The molecule has 0 radical (unpaired) electrons. The van der Waals surface area contributed by atoms with Gasteiger partial charge in [0, 0.05) is 24.8 Å². The highest BCUT2D eigenvalue weighted by Crippen LogP contribution is 2.22. The lowest BCUT2D eigenvalue weighted by atomic mass is 10.0. The van der Waals surface area contributed by atoms with E-state index in [9.17, 15) is 19.8 Å². The summed E-state index contributed by atoms with van der Waals surface area (Å²) in [6.07, 6.45) is 1.57. The quantitative estimate of drug-likeness (QED) is 0.651. The van der Waals surface area contributed by atoms with E-state index in [1.807, 2.05) is 13.8 Å². The van der Waals surface area contributed by atoms with Crippen LogP contribution in [0.5, 0.6) is 5.75 Å². The third-order valence-corrected chi connectivity index (χ3v) is 3.37. The molecule has 1 atom stereocenters. The Morgan fingerprint density at radius 2 is 2.05 bits per heavy atom. The summed E-state index contributed by atoms with van der Waals surface area (Å²) >= 11 is 0. The molecule has 0 saturated carbocycles. The Hall–Kier alpha value is -1.86. The second-order valence-corrected chi connectivity index (χ2v) is 5.87. The van der Waals surface area contributed by atoms with E-state index in [1.165, 1.54) is 16.8 Å². The third-order valence-electron chi connectivity index (χ3n) is 3.37. The number of aromatic hydroxyl groups is 1. The second kappa shape index (κ2) is 7.95. The molecule has 1 rings (SSSR count). The van der Waals surface area contributed by atoms with Crippen LogP contribution in [0.2, 0.25) is 0 Å². The minimum absolute atomic E-state index is 0.0346. The van der Waals surface area contributed by atoms with Crippen molar-refractivity contribution in [3.05, 3.63) is 28.2 Å². The fraction of sp³-hybridized carbons (Fsp3) is 0.600. The summed E-state index contributed by atoms with van der Waals surface area (Å²) in [5, 5.41) is 28.1. The molecule has 1 heterocycles. The average Bonchev–Trinajstić information content (AvgIpc) is 2.40. The molecule has 0 aliphatic rings. The molecule has 0 amide bonds. The number of aliphatic carboxylic acids is 1. The van der Waals surface area contributed by atoms with Crippen LogP contribution >= 0.6 is 0 Å². The number of rotatable bonds is 8. The lowest BCUT2D eigenvalue weighted by Gasteiger charge is -2.24. The van der Waals surface area contributed by atoms with Crippen LogP contribution in [0.25, 0.3) is 0 Å². The zero-order chi connectivity index (χ0) is 16.9. The maximum Gasteiger partial charge on any atom is 0.326 e. The van der Waals surface area contributed by atoms with E-state index in [1.54, 1.807) is 11.9 Å². The minimum atomic E-state index is -1.01. The lowest BCUT2D eigenvalue weighted by Crippen LogP contribution is -2.29. The van der Waals surface area contributed by atoms with Crippen LogP contribution in [0, 0.1) is 5.92 Å². The van der Waals surface area contributed by atoms with Crippen molar-refractivity contribution in [2.45, 2.75) is 32.9 Å². The van der Waals surface area contributed by atoms with Gasteiger partial charge in [-0.3, -0.25) is 9.69 Å². The largest absolute Gasteiger partial charge is 0.503 e. The zero-order valence-electron chi connectivity index (χ0n) is 13.2. The number of carboxylic acids is 1. The minimum Gasteiger partial charge on any atom is -0.503 e. The monoisotopic (exact) mass is 312 g/mol. The van der Waals surface area contributed by atoms with Crippen LogP contribution in [0.3, 0.4) is 0 Å². The Bertz CT molecular complexity index is 568. The number of carboxylic acid groups (broad SMARTS) is 1. The normalized spacial score (nSPS) is 12.8. The van der Waals surface area contributed by atoms with E-state index in [0.29, 0.717) is 25.2 Å². The number of pyridine rings is 1. The van der Waals surface area contributed by atoms with Crippen molar-refractivity contribution < 1.29 is 20.1 Å². The SMILES string of the molecule is CC(C)CC(C(=O)O)n1cc(O)c(=O)cc1CN(C)CCO. The Morgan fingerprint density at radius 1 is 1.41 bits per heavy atom. The summed E-state index contributed by atoms with van der Waals surface area (Å²) in [4.78, 5) is 25.0. The number of hydrogen-bond donors (Lipinski definition) is 3. The van der Waals surface area contributed by atoms with E-state index < -0.39 is 23.2 Å². The highest BCUT2D eigenvalue weighted by Gasteiger charge is 2.23. The van der Waals surface area contributed by atoms with Gasteiger partial charge in [0.1, 0.15) is 6.04 Å². The molecule has 0 aromatic carbocycles. The van der Waals surface area contributed by atoms with Crippen LogP contribution in [0.4, 0.5) is 0 Å². The first kappa shape index (κ1) is 18.2. The van der Waals surface area contributed by atoms with Crippen LogP contribution in [-0.4, -0.2) is 51.0 Å². The van der Waals surface area contributed by atoms with E-state index in [0.717, 1.165) is 0 Å². The zero-order valence-corrected chi connectivity index (χ0v) is 13.2. The van der Waals surface area contributed by atoms with E-state index >= 15 is 0 Å². The van der Waals surface area contributed by atoms with Crippen LogP contribution in [-0.2, 0) is 11.3 Å². The van der Waals surface area contributed by atoms with Crippen molar-refractivity contribution >= 4 is 5.97 Å². The fourth-order valence-electron chi connectivity index (χ4n) is 2.30. The highest BCUT2D eigenvalue weighted by atomic mass is 16.4. The molecule has 7 nitrogen and oxygen atoms in total. The molecule has 0 spiro atoms. The molecular formula is C15H24N2O5. The van der Waals surface area contributed by atoms with Gasteiger partial charge in [-0.1, -0.05) is 13.8 Å². The van der Waals surface area contributed by atoms with Crippen LogP contribution in [0.15, 0.2) is 17.1 Å². The predicted octanol–water partition coefficient (Wildman–Crippen LogP) is 0.650. The first-order valence-electron chi connectivity index (χ1n) is 7.22. The smallest absolute Gasteiger partial charge is 0.326 e. The van der Waals surface area contributed by atoms with Gasteiger partial charge in [-0.15, -0.1) is 0 Å². The van der Waals surface area contributed by atoms with Gasteiger partial charge in [-0.2, -0.15) is 0 Å². The van der Waals surface area contributed by atoms with Gasteiger partial charge in [-0.25, -0.2) is 4.79 Å². The Morgan fingerprint density at radius 3 is 2.55 bits per heavy atom. The van der Waals surface area contributed by atoms with Gasteiger partial charge in [0.15, 0.2) is 5.75 Å². The summed E-state index contributed by atoms with van der Waals surface area (Å²) in [7, 11) is 1.76. The van der Waals surface area contributed by atoms with Gasteiger partial charge in [-0.05, 0) is 19.4 Å². The van der Waals surface area contributed by atoms with Crippen molar-refractivity contribution in [1.82, 2.24) is 9.47 Å². The molecule has 0 bridgehead atoms. The van der Waals surface area contributed by atoms with Crippen molar-refractivity contribution in [2.75, 3.05) is 20.2 Å². The van der Waals surface area contributed by atoms with Crippen molar-refractivity contribution in [3.63, 3.8) is 0 Å².